The maximum atomic E-state index is 11.1. The molecule has 0 bridgehead atoms. The van der Waals surface area contributed by atoms with Crippen molar-refractivity contribution in [3.8, 4) is 0 Å². The zero-order valence-corrected chi connectivity index (χ0v) is 12.5. The highest BCUT2D eigenvalue weighted by atomic mass is 32.4. The van der Waals surface area contributed by atoms with Gasteiger partial charge >= 0.3 is 0 Å². The minimum absolute atomic E-state index is 0.327. The van der Waals surface area contributed by atoms with Crippen LogP contribution in [0.1, 0.15) is 34.8 Å². The topological polar surface area (TPSA) is 74.4 Å². The number of hydrogen-bond donors (Lipinski definition) is 1. The van der Waals surface area contributed by atoms with Gasteiger partial charge in [-0.15, -0.1) is 0 Å². The fraction of sp³-hybridized carbons (Fsp3) is 0.500. The van der Waals surface area contributed by atoms with E-state index in [1.165, 1.54) is 0 Å². The first-order valence-corrected chi connectivity index (χ1v) is 8.51. The summed E-state index contributed by atoms with van der Waals surface area (Å²) in [5.41, 5.74) is 6.67. The third-order valence-corrected chi connectivity index (χ3v) is 4.94. The van der Waals surface area contributed by atoms with Gasteiger partial charge in [-0.25, -0.2) is 0 Å². The van der Waals surface area contributed by atoms with Gasteiger partial charge in [0.1, 0.15) is 5.69 Å². The lowest BCUT2D eigenvalue weighted by Gasteiger charge is -2.35. The molecule has 104 valence electrons. The van der Waals surface area contributed by atoms with E-state index < -0.39 is 13.1 Å². The van der Waals surface area contributed by atoms with Crippen LogP contribution in [0.4, 0.5) is 0 Å². The van der Waals surface area contributed by atoms with E-state index >= 15 is 0 Å². The third-order valence-electron chi connectivity index (χ3n) is 3.35. The smallest absolute Gasteiger partial charge is 0.267 e. The van der Waals surface area contributed by atoms with Crippen LogP contribution in [-0.2, 0) is 20.9 Å². The highest BCUT2D eigenvalue weighted by molar-refractivity contribution is 8.00. The summed E-state index contributed by atoms with van der Waals surface area (Å²) < 4.78 is 10.4. The van der Waals surface area contributed by atoms with Gasteiger partial charge in [-0.05, 0) is 54.2 Å². The summed E-state index contributed by atoms with van der Waals surface area (Å²) in [6.45, 7) is 0.663. The van der Waals surface area contributed by atoms with Crippen molar-refractivity contribution in [1.82, 2.24) is 4.98 Å². The fourth-order valence-electron chi connectivity index (χ4n) is 2.22. The summed E-state index contributed by atoms with van der Waals surface area (Å²) in [7, 11) is 0.0896. The molecule has 1 heterocycles. The van der Waals surface area contributed by atoms with Crippen LogP contribution in [0.3, 0.4) is 0 Å². The summed E-state index contributed by atoms with van der Waals surface area (Å²) in [4.78, 5) is 15.0. The Morgan fingerprint density at radius 1 is 1.63 bits per heavy atom. The lowest BCUT2D eigenvalue weighted by Crippen LogP contribution is -2.25. The second-order valence-corrected chi connectivity index (χ2v) is 6.84. The Kier molecular flexibility index (Phi) is 5.05. The Morgan fingerprint density at radius 3 is 3.00 bits per heavy atom. The number of nitrogens with two attached hydrogens (primary N) is 1. The Bertz CT molecular complexity index is 492. The van der Waals surface area contributed by atoms with Gasteiger partial charge in [0.05, 0.1) is 6.61 Å². The number of rotatable bonds is 6. The van der Waals surface area contributed by atoms with Crippen molar-refractivity contribution < 1.29 is 13.8 Å². The summed E-state index contributed by atoms with van der Waals surface area (Å²) >= 11 is 5.00. The SMILES string of the molecule is CO[PH](=S)OCC1CC(c2ccnc(C(N)=O)c2)C1. The van der Waals surface area contributed by atoms with Crippen LogP contribution in [-0.4, -0.2) is 24.6 Å². The van der Waals surface area contributed by atoms with E-state index in [1.54, 1.807) is 19.4 Å². The van der Waals surface area contributed by atoms with Crippen LogP contribution in [0.25, 0.3) is 0 Å². The van der Waals surface area contributed by atoms with Crippen LogP contribution in [0.15, 0.2) is 18.3 Å². The minimum atomic E-state index is -1.49. The van der Waals surface area contributed by atoms with E-state index in [9.17, 15) is 4.79 Å². The Hall–Kier alpha value is -0.810. The van der Waals surface area contributed by atoms with E-state index in [-0.39, 0.29) is 0 Å². The number of amides is 1. The van der Waals surface area contributed by atoms with E-state index in [0.29, 0.717) is 24.1 Å². The molecule has 1 aliphatic rings. The van der Waals surface area contributed by atoms with E-state index in [4.69, 9.17) is 26.6 Å². The van der Waals surface area contributed by atoms with Gasteiger partial charge in [0.2, 0.25) is 0 Å². The highest BCUT2D eigenvalue weighted by Crippen LogP contribution is 2.42. The summed E-state index contributed by atoms with van der Waals surface area (Å²) in [6.07, 6.45) is 3.71. The number of carbonyl (C=O) groups excluding carboxylic acids is 1. The summed E-state index contributed by atoms with van der Waals surface area (Å²) in [5, 5.41) is 0. The number of pyridine rings is 1. The maximum Gasteiger partial charge on any atom is 0.267 e. The lowest BCUT2D eigenvalue weighted by atomic mass is 9.72. The zero-order chi connectivity index (χ0) is 13.8. The van der Waals surface area contributed by atoms with Crippen LogP contribution in [0, 0.1) is 5.92 Å². The molecule has 5 nitrogen and oxygen atoms in total. The first-order chi connectivity index (χ1) is 9.10. The number of primary amides is 1. The molecular weight excluding hydrogens is 283 g/mol. The van der Waals surface area contributed by atoms with E-state index in [2.05, 4.69) is 4.98 Å². The molecule has 0 saturated heterocycles. The van der Waals surface area contributed by atoms with Crippen LogP contribution < -0.4 is 5.73 Å². The number of carbonyl (C=O) groups is 1. The molecule has 1 amide bonds. The lowest BCUT2D eigenvalue weighted by molar-refractivity contribution is 0.0995. The molecule has 1 aromatic rings. The average molecular weight is 300 g/mol. The molecule has 19 heavy (non-hydrogen) atoms. The molecule has 1 atom stereocenters. The summed E-state index contributed by atoms with van der Waals surface area (Å²) in [5.74, 6) is 0.492. The largest absolute Gasteiger partial charge is 0.364 e. The Morgan fingerprint density at radius 2 is 2.37 bits per heavy atom. The van der Waals surface area contributed by atoms with Crippen molar-refractivity contribution >= 4 is 24.9 Å². The molecule has 7 heteroatoms. The molecule has 0 aliphatic heterocycles. The van der Waals surface area contributed by atoms with E-state index in [1.807, 2.05) is 6.07 Å². The van der Waals surface area contributed by atoms with Crippen LogP contribution in [0.5, 0.6) is 0 Å². The second kappa shape index (κ2) is 6.57. The van der Waals surface area contributed by atoms with Crippen molar-refractivity contribution in [3.63, 3.8) is 0 Å². The predicted octanol–water partition coefficient (Wildman–Crippen LogP) is 1.84. The van der Waals surface area contributed by atoms with Crippen molar-refractivity contribution in [2.75, 3.05) is 13.7 Å². The molecular formula is C12H17N2O3PS. The first kappa shape index (κ1) is 14.6. The van der Waals surface area contributed by atoms with Crippen LogP contribution in [0.2, 0.25) is 0 Å². The second-order valence-electron chi connectivity index (χ2n) is 4.64. The number of hydrogen-bond acceptors (Lipinski definition) is 5. The average Bonchev–Trinajstić information content (AvgIpc) is 2.36. The molecule has 1 unspecified atom stereocenters. The number of nitrogens with zero attached hydrogens (tertiary/aromatic N) is 1. The quantitative estimate of drug-likeness (QED) is 0.811. The molecule has 0 spiro atoms. The predicted molar refractivity (Wildman–Crippen MR) is 76.9 cm³/mol. The normalized spacial score (nSPS) is 23.6. The standard InChI is InChI=1S/C12H17N2O3PS/c1-16-18(19)17-7-8-4-10(5-8)9-2-3-14-11(6-9)12(13)15/h2-3,6,8,10,18H,4-5,7H2,1H3,(H2,13,15). The molecule has 2 rings (SSSR count). The molecule has 1 fully saturated rings. The third kappa shape index (κ3) is 3.83. The van der Waals surface area contributed by atoms with Gasteiger partial charge in [-0.3, -0.25) is 9.78 Å². The van der Waals surface area contributed by atoms with Crippen molar-refractivity contribution in [1.29, 1.82) is 0 Å². The molecule has 0 aromatic carbocycles. The van der Waals surface area contributed by atoms with Crippen molar-refractivity contribution in [2.24, 2.45) is 11.7 Å². The Balaban J connectivity index is 1.85. The molecule has 1 saturated carbocycles. The highest BCUT2D eigenvalue weighted by Gasteiger charge is 2.30. The molecule has 0 radical (unpaired) electrons. The first-order valence-electron chi connectivity index (χ1n) is 6.06. The van der Waals surface area contributed by atoms with Gasteiger partial charge in [-0.1, -0.05) is 0 Å². The van der Waals surface area contributed by atoms with E-state index in [0.717, 1.165) is 18.4 Å². The van der Waals surface area contributed by atoms with Gasteiger partial charge in [0.25, 0.3) is 5.91 Å². The molecule has 1 aliphatic carbocycles. The summed E-state index contributed by atoms with van der Waals surface area (Å²) in [6, 6.07) is 3.72. The number of aromatic nitrogens is 1. The van der Waals surface area contributed by atoms with Gasteiger partial charge in [-0.2, -0.15) is 0 Å². The van der Waals surface area contributed by atoms with Gasteiger partial charge < -0.3 is 14.8 Å². The maximum absolute atomic E-state index is 11.1. The van der Waals surface area contributed by atoms with Gasteiger partial charge in [0, 0.05) is 13.3 Å². The Labute approximate surface area is 118 Å². The minimum Gasteiger partial charge on any atom is -0.364 e. The van der Waals surface area contributed by atoms with Gasteiger partial charge in [0.15, 0.2) is 7.15 Å². The monoisotopic (exact) mass is 300 g/mol. The molecule has 2 N–H and O–H groups in total. The fourth-order valence-corrected chi connectivity index (χ4v) is 2.92. The van der Waals surface area contributed by atoms with Crippen molar-refractivity contribution in [3.05, 3.63) is 29.6 Å². The zero-order valence-electron chi connectivity index (χ0n) is 10.7. The van der Waals surface area contributed by atoms with Crippen molar-refractivity contribution in [2.45, 2.75) is 18.8 Å². The molecule has 1 aromatic heterocycles. The van der Waals surface area contributed by atoms with Crippen LogP contribution >= 0.6 is 7.15 Å².